The number of Topliss-reactive ketones (excluding diaryl/α,β-unsaturated/α-hetero) is 1. The van der Waals surface area contributed by atoms with E-state index in [1.165, 1.54) is 7.11 Å². The van der Waals surface area contributed by atoms with Crippen LogP contribution in [0.1, 0.15) is 94.9 Å². The first-order chi connectivity index (χ1) is 26.1. The van der Waals surface area contributed by atoms with Crippen LogP contribution in [0, 0.1) is 41.9 Å². The summed E-state index contributed by atoms with van der Waals surface area (Å²) < 4.78 is 51.6. The number of ketones is 1. The van der Waals surface area contributed by atoms with Gasteiger partial charge in [-0.15, -0.1) is 6.42 Å². The van der Waals surface area contributed by atoms with Gasteiger partial charge in [-0.2, -0.15) is 0 Å². The molecule has 4 aliphatic rings. The molecule has 13 heteroatoms. The summed E-state index contributed by atoms with van der Waals surface area (Å²) in [5, 5.41) is 22.8. The van der Waals surface area contributed by atoms with Crippen molar-refractivity contribution in [3.8, 4) is 12.3 Å². The second-order valence-corrected chi connectivity index (χ2v) is 17.9. The van der Waals surface area contributed by atoms with E-state index in [0.29, 0.717) is 12.8 Å². The summed E-state index contributed by atoms with van der Waals surface area (Å²) in [5.41, 5.74) is -2.56. The number of likely N-dealkylation sites (N-methyl/N-ethyl adjacent to an activating group) is 1. The minimum Gasteiger partial charge on any atom is -0.459 e. The van der Waals surface area contributed by atoms with Gasteiger partial charge in [-0.25, -0.2) is 0 Å². The molecular formula is C43H71NO12. The first-order valence-corrected chi connectivity index (χ1v) is 20.4. The fourth-order valence-electron chi connectivity index (χ4n) is 10.0. The largest absolute Gasteiger partial charge is 0.459 e. The quantitative estimate of drug-likeness (QED) is 0.194. The average Bonchev–Trinajstić information content (AvgIpc) is 3.46. The molecule has 4 saturated heterocycles. The van der Waals surface area contributed by atoms with Crippen LogP contribution in [0.4, 0.5) is 0 Å². The Labute approximate surface area is 335 Å². The molecule has 0 aromatic carbocycles. The van der Waals surface area contributed by atoms with Gasteiger partial charge in [0.2, 0.25) is 0 Å². The Morgan fingerprint density at radius 2 is 1.64 bits per heavy atom. The third-order valence-corrected chi connectivity index (χ3v) is 13.3. The van der Waals surface area contributed by atoms with Gasteiger partial charge in [0.05, 0.1) is 48.1 Å². The Kier molecular flexibility index (Phi) is 15.5. The minimum absolute atomic E-state index is 0.0357. The number of esters is 1. The Hall–Kier alpha value is -1.96. The van der Waals surface area contributed by atoms with Crippen molar-refractivity contribution in [2.45, 2.75) is 173 Å². The zero-order chi connectivity index (χ0) is 42.1. The Bertz CT molecular complexity index is 1420. The zero-order valence-electron chi connectivity index (χ0n) is 36.1. The molecule has 0 amide bonds. The van der Waals surface area contributed by atoms with Crippen LogP contribution in [0.15, 0.2) is 12.2 Å². The number of cyclic esters (lactones) is 1. The van der Waals surface area contributed by atoms with Crippen LogP contribution >= 0.6 is 0 Å². The third kappa shape index (κ3) is 9.41. The monoisotopic (exact) mass is 793 g/mol. The number of aliphatic hydroxyl groups is 2. The molecule has 13 nitrogen and oxygen atoms in total. The number of methoxy groups -OCH3 is 1. The number of ether oxygens (including phenoxy) is 8. The molecule has 0 spiro atoms. The highest BCUT2D eigenvalue weighted by Gasteiger charge is 2.56. The van der Waals surface area contributed by atoms with Crippen molar-refractivity contribution in [2.75, 3.05) is 34.4 Å². The van der Waals surface area contributed by atoms with E-state index in [9.17, 15) is 19.8 Å². The number of carbonyl (C=O) groups is 2. The number of fused-ring (bicyclic) bond motifs is 1. The maximum Gasteiger partial charge on any atom is 0.311 e. The number of terminal acetylenes is 1. The molecule has 0 radical (unpaired) electrons. The first kappa shape index (κ1) is 46.7. The van der Waals surface area contributed by atoms with E-state index in [0.717, 1.165) is 5.57 Å². The highest BCUT2D eigenvalue weighted by atomic mass is 16.7. The van der Waals surface area contributed by atoms with E-state index < -0.39 is 102 Å². The van der Waals surface area contributed by atoms with Gasteiger partial charge < -0.3 is 53.0 Å². The highest BCUT2D eigenvalue weighted by molar-refractivity contribution is 5.84. The fourth-order valence-corrected chi connectivity index (χ4v) is 10.0. The van der Waals surface area contributed by atoms with Gasteiger partial charge in [0.25, 0.3) is 0 Å². The van der Waals surface area contributed by atoms with Crippen molar-refractivity contribution in [3.63, 3.8) is 0 Å². The van der Waals surface area contributed by atoms with Gasteiger partial charge in [-0.1, -0.05) is 40.2 Å². The summed E-state index contributed by atoms with van der Waals surface area (Å²) in [4.78, 5) is 31.1. The van der Waals surface area contributed by atoms with Crippen molar-refractivity contribution in [2.24, 2.45) is 29.6 Å². The van der Waals surface area contributed by atoms with E-state index in [1.807, 2.05) is 67.5 Å². The molecule has 4 rings (SSSR count). The number of hydrogen-bond donors (Lipinski definition) is 2. The second kappa shape index (κ2) is 18.5. The predicted molar refractivity (Wildman–Crippen MR) is 209 cm³/mol. The summed E-state index contributed by atoms with van der Waals surface area (Å²) in [6.45, 7) is 22.9. The number of carbonyl (C=O) groups excluding carboxylic acids is 2. The van der Waals surface area contributed by atoms with E-state index in [1.54, 1.807) is 20.8 Å². The number of hydrogen-bond acceptors (Lipinski definition) is 13. The number of nitrogens with zero attached hydrogens (tertiary/aromatic N) is 1. The number of aliphatic hydroxyl groups excluding tert-OH is 2. The Balaban J connectivity index is 1.92. The molecule has 0 aromatic heterocycles. The molecule has 3 unspecified atom stereocenters. The van der Waals surface area contributed by atoms with Gasteiger partial charge in [0, 0.05) is 43.2 Å². The molecule has 0 saturated carbocycles. The predicted octanol–water partition coefficient (Wildman–Crippen LogP) is 4.29. The van der Waals surface area contributed by atoms with Crippen LogP contribution in [0.25, 0.3) is 0 Å². The maximum atomic E-state index is 14.6. The van der Waals surface area contributed by atoms with E-state index in [-0.39, 0.29) is 44.0 Å². The van der Waals surface area contributed by atoms with Crippen LogP contribution in [0.5, 0.6) is 0 Å². The molecule has 320 valence electrons. The van der Waals surface area contributed by atoms with Crippen molar-refractivity contribution in [1.82, 2.24) is 4.90 Å². The van der Waals surface area contributed by atoms with Crippen molar-refractivity contribution in [1.29, 1.82) is 0 Å². The van der Waals surface area contributed by atoms with Crippen LogP contribution in [-0.2, 0) is 47.5 Å². The Morgan fingerprint density at radius 3 is 2.23 bits per heavy atom. The lowest BCUT2D eigenvalue weighted by molar-refractivity contribution is -0.320. The molecule has 4 fully saturated rings. The smallest absolute Gasteiger partial charge is 0.311 e. The second-order valence-electron chi connectivity index (χ2n) is 17.9. The molecular weight excluding hydrogens is 722 g/mol. The lowest BCUT2D eigenvalue weighted by Crippen LogP contribution is -2.61. The lowest BCUT2D eigenvalue weighted by Gasteiger charge is -2.50. The normalized spacial score (nSPS) is 47.2. The molecule has 4 heterocycles. The Morgan fingerprint density at radius 1 is 0.982 bits per heavy atom. The summed E-state index contributed by atoms with van der Waals surface area (Å²) >= 11 is 0. The topological polar surface area (TPSA) is 152 Å². The van der Waals surface area contributed by atoms with E-state index in [4.69, 9.17) is 44.3 Å². The molecule has 0 bridgehead atoms. The van der Waals surface area contributed by atoms with Gasteiger partial charge in [-0.05, 0) is 80.5 Å². The van der Waals surface area contributed by atoms with Crippen molar-refractivity contribution >= 4 is 11.8 Å². The van der Waals surface area contributed by atoms with Crippen LogP contribution < -0.4 is 0 Å². The molecule has 56 heavy (non-hydrogen) atoms. The summed E-state index contributed by atoms with van der Waals surface area (Å²) in [6, 6.07) is -0.282. The third-order valence-electron chi connectivity index (χ3n) is 13.3. The lowest BCUT2D eigenvalue weighted by atomic mass is 9.69. The van der Waals surface area contributed by atoms with Gasteiger partial charge in [0.15, 0.2) is 12.6 Å². The van der Waals surface area contributed by atoms with E-state index in [2.05, 4.69) is 12.5 Å². The fraction of sp³-hybridized carbons (Fsp3) is 0.860. The van der Waals surface area contributed by atoms with Gasteiger partial charge in [0.1, 0.15) is 36.3 Å². The standard InChI is InChI=1S/C43H71NO12/c1-16-18-50-42(11)20-23(3)34(45)26(6)33-24(4)22-51-43(33,12)31(17-2)54-39(48)28(8)36(55-32-21-41(10,49-15)37(47)29(9)53-32)27(7)38(42)56-40-35(46)30(44(13)14)19-25(5)52-40/h1,23,25-33,35-38,40,46-47H,4,17-22H2,2-3,5-15H3/t23?,25-,26?,27+,28-,29+,30+,31-,32+,33+,35-,36+,37?,38-,40+,41-,42-,43-/m1/s1. The highest BCUT2D eigenvalue weighted by Crippen LogP contribution is 2.47. The van der Waals surface area contributed by atoms with Crippen LogP contribution in [0.3, 0.4) is 0 Å². The SMILES string of the molecule is C#CCO[C@]1(C)CC(C)C(=O)C(C)[C@@H]2C(=C)CO[C@]2(C)[C@@H](CC)OC(=O)[C@H](C)[C@@H](O[C@H]2C[C@@](C)(OC)C(O)[C@H](C)O2)[C@H](C)[C@H]1O[C@@H]1O[C@H](C)C[C@H](N(C)C)[C@H]1O. The molecule has 0 aliphatic carbocycles. The molecule has 0 aromatic rings. The molecule has 4 aliphatic heterocycles. The minimum atomic E-state index is -1.29. The molecule has 2 N–H and O–H groups in total. The van der Waals surface area contributed by atoms with Gasteiger partial charge in [-0.3, -0.25) is 9.59 Å². The van der Waals surface area contributed by atoms with Crippen LogP contribution in [0.2, 0.25) is 0 Å². The summed E-state index contributed by atoms with van der Waals surface area (Å²) in [7, 11) is 5.32. The summed E-state index contributed by atoms with van der Waals surface area (Å²) in [5.74, 6) is -1.16. The van der Waals surface area contributed by atoms with Crippen molar-refractivity contribution in [3.05, 3.63) is 12.2 Å². The maximum absolute atomic E-state index is 14.6. The van der Waals surface area contributed by atoms with E-state index >= 15 is 0 Å². The average molecular weight is 794 g/mol. The number of rotatable bonds is 9. The first-order valence-electron chi connectivity index (χ1n) is 20.4. The van der Waals surface area contributed by atoms with Gasteiger partial charge >= 0.3 is 5.97 Å². The zero-order valence-corrected chi connectivity index (χ0v) is 36.1. The van der Waals surface area contributed by atoms with Crippen molar-refractivity contribution < 1.29 is 57.7 Å². The van der Waals surface area contributed by atoms with Crippen LogP contribution in [-0.4, -0.2) is 139 Å². The summed E-state index contributed by atoms with van der Waals surface area (Å²) in [6.07, 6.45) is -0.462. The molecule has 18 atom stereocenters.